The van der Waals surface area contributed by atoms with Crippen molar-refractivity contribution >= 4 is 28.8 Å². The minimum absolute atomic E-state index is 0.195. The third-order valence-electron chi connectivity index (χ3n) is 3.17. The Hall–Kier alpha value is -3.01. The molecule has 4 nitrogen and oxygen atoms in total. The molecular formula is C17H12N2O2. The normalized spacial score (nSPS) is 10.3. The van der Waals surface area contributed by atoms with Gasteiger partial charge in [-0.1, -0.05) is 6.07 Å². The van der Waals surface area contributed by atoms with Crippen LogP contribution in [0.5, 0.6) is 0 Å². The highest BCUT2D eigenvalue weighted by molar-refractivity contribution is 6.06. The Kier molecular flexibility index (Phi) is 3.43. The fourth-order valence-electron chi connectivity index (χ4n) is 2.07. The molecular weight excluding hydrogens is 264 g/mol. The Morgan fingerprint density at radius 3 is 2.62 bits per heavy atom. The van der Waals surface area contributed by atoms with E-state index in [1.54, 1.807) is 42.6 Å². The SMILES string of the molecule is O=Cc1ccc(NC(=O)c2ccc3ncccc3c2)cc1. The number of nitrogens with zero attached hydrogens (tertiary/aromatic N) is 1. The summed E-state index contributed by atoms with van der Waals surface area (Å²) in [6, 6.07) is 15.8. The molecule has 102 valence electrons. The Labute approximate surface area is 121 Å². The molecule has 0 aliphatic carbocycles. The number of hydrogen-bond donors (Lipinski definition) is 1. The number of pyridine rings is 1. The van der Waals surface area contributed by atoms with E-state index in [4.69, 9.17) is 0 Å². The van der Waals surface area contributed by atoms with Crippen LogP contribution in [0.15, 0.2) is 60.8 Å². The molecule has 0 unspecified atom stereocenters. The molecule has 0 bridgehead atoms. The maximum atomic E-state index is 12.2. The minimum Gasteiger partial charge on any atom is -0.322 e. The second-order valence-corrected chi connectivity index (χ2v) is 4.60. The van der Waals surface area contributed by atoms with Gasteiger partial charge in [0.2, 0.25) is 0 Å². The molecule has 1 aromatic heterocycles. The van der Waals surface area contributed by atoms with Crippen molar-refractivity contribution < 1.29 is 9.59 Å². The first-order valence-corrected chi connectivity index (χ1v) is 6.48. The van der Waals surface area contributed by atoms with E-state index in [9.17, 15) is 9.59 Å². The van der Waals surface area contributed by atoms with Gasteiger partial charge in [-0.05, 0) is 48.5 Å². The average molecular weight is 276 g/mol. The van der Waals surface area contributed by atoms with Crippen LogP contribution < -0.4 is 5.32 Å². The molecule has 0 saturated heterocycles. The van der Waals surface area contributed by atoms with Gasteiger partial charge in [0.15, 0.2) is 0 Å². The van der Waals surface area contributed by atoms with Crippen molar-refractivity contribution in [3.8, 4) is 0 Å². The van der Waals surface area contributed by atoms with Crippen molar-refractivity contribution in [1.82, 2.24) is 4.98 Å². The van der Waals surface area contributed by atoms with Crippen LogP contribution in [-0.4, -0.2) is 17.2 Å². The number of carbonyl (C=O) groups is 2. The van der Waals surface area contributed by atoms with Crippen LogP contribution in [-0.2, 0) is 0 Å². The molecule has 0 spiro atoms. The van der Waals surface area contributed by atoms with Gasteiger partial charge in [-0.25, -0.2) is 0 Å². The maximum Gasteiger partial charge on any atom is 0.255 e. The summed E-state index contributed by atoms with van der Waals surface area (Å²) in [5, 5.41) is 3.72. The first-order valence-electron chi connectivity index (χ1n) is 6.48. The molecule has 0 radical (unpaired) electrons. The molecule has 4 heteroatoms. The highest BCUT2D eigenvalue weighted by atomic mass is 16.1. The van der Waals surface area contributed by atoms with Crippen LogP contribution in [0.2, 0.25) is 0 Å². The Balaban J connectivity index is 1.84. The fourth-order valence-corrected chi connectivity index (χ4v) is 2.07. The molecule has 1 heterocycles. The number of hydrogen-bond acceptors (Lipinski definition) is 3. The predicted molar refractivity (Wildman–Crippen MR) is 81.5 cm³/mol. The van der Waals surface area contributed by atoms with E-state index >= 15 is 0 Å². The van der Waals surface area contributed by atoms with E-state index in [1.165, 1.54) is 0 Å². The van der Waals surface area contributed by atoms with E-state index in [2.05, 4.69) is 10.3 Å². The summed E-state index contributed by atoms with van der Waals surface area (Å²) in [6.45, 7) is 0. The fraction of sp³-hybridized carbons (Fsp3) is 0. The van der Waals surface area contributed by atoms with Crippen LogP contribution in [0, 0.1) is 0 Å². The van der Waals surface area contributed by atoms with Crippen molar-refractivity contribution in [2.45, 2.75) is 0 Å². The molecule has 0 atom stereocenters. The first kappa shape index (κ1) is 13.0. The van der Waals surface area contributed by atoms with E-state index in [0.717, 1.165) is 17.2 Å². The number of benzene rings is 2. The zero-order chi connectivity index (χ0) is 14.7. The third kappa shape index (κ3) is 2.79. The molecule has 1 N–H and O–H groups in total. The lowest BCUT2D eigenvalue weighted by Gasteiger charge is -2.06. The van der Waals surface area contributed by atoms with Crippen molar-refractivity contribution in [2.24, 2.45) is 0 Å². The Morgan fingerprint density at radius 2 is 1.86 bits per heavy atom. The lowest BCUT2D eigenvalue weighted by molar-refractivity contribution is 0.102. The van der Waals surface area contributed by atoms with Crippen molar-refractivity contribution in [2.75, 3.05) is 5.32 Å². The van der Waals surface area contributed by atoms with Gasteiger partial charge in [-0.2, -0.15) is 0 Å². The third-order valence-corrected chi connectivity index (χ3v) is 3.17. The lowest BCUT2D eigenvalue weighted by atomic mass is 10.1. The number of rotatable bonds is 3. The summed E-state index contributed by atoms with van der Waals surface area (Å²) in [5.74, 6) is -0.195. The summed E-state index contributed by atoms with van der Waals surface area (Å²) in [7, 11) is 0. The first-order chi connectivity index (χ1) is 10.3. The molecule has 21 heavy (non-hydrogen) atoms. The van der Waals surface area contributed by atoms with E-state index in [1.807, 2.05) is 18.2 Å². The Morgan fingerprint density at radius 1 is 1.05 bits per heavy atom. The zero-order valence-corrected chi connectivity index (χ0v) is 11.1. The minimum atomic E-state index is -0.195. The molecule has 1 amide bonds. The number of aldehydes is 1. The highest BCUT2D eigenvalue weighted by Gasteiger charge is 2.07. The van der Waals surface area contributed by atoms with Gasteiger partial charge in [0.25, 0.3) is 5.91 Å². The lowest BCUT2D eigenvalue weighted by Crippen LogP contribution is -2.11. The van der Waals surface area contributed by atoms with E-state index < -0.39 is 0 Å². The molecule has 3 aromatic rings. The van der Waals surface area contributed by atoms with E-state index in [-0.39, 0.29) is 5.91 Å². The van der Waals surface area contributed by atoms with Gasteiger partial charge in [-0.15, -0.1) is 0 Å². The monoisotopic (exact) mass is 276 g/mol. The van der Waals surface area contributed by atoms with Crippen LogP contribution in [0.25, 0.3) is 10.9 Å². The van der Waals surface area contributed by atoms with Gasteiger partial charge in [-0.3, -0.25) is 14.6 Å². The smallest absolute Gasteiger partial charge is 0.255 e. The van der Waals surface area contributed by atoms with E-state index in [0.29, 0.717) is 16.8 Å². The average Bonchev–Trinajstić information content (AvgIpc) is 2.55. The van der Waals surface area contributed by atoms with Crippen LogP contribution in [0.4, 0.5) is 5.69 Å². The summed E-state index contributed by atoms with van der Waals surface area (Å²) in [5.41, 5.74) is 2.64. The van der Waals surface area contributed by atoms with Gasteiger partial charge in [0, 0.05) is 28.4 Å². The maximum absolute atomic E-state index is 12.2. The number of nitrogens with one attached hydrogen (secondary N) is 1. The molecule has 0 aliphatic heterocycles. The number of fused-ring (bicyclic) bond motifs is 1. The van der Waals surface area contributed by atoms with Gasteiger partial charge < -0.3 is 5.32 Å². The molecule has 3 rings (SSSR count). The van der Waals surface area contributed by atoms with Gasteiger partial charge in [0.1, 0.15) is 6.29 Å². The number of amides is 1. The standard InChI is InChI=1S/C17H12N2O2/c20-11-12-3-6-15(7-4-12)19-17(21)14-5-8-16-13(10-14)2-1-9-18-16/h1-11H,(H,19,21). The van der Waals surface area contributed by atoms with Crippen LogP contribution in [0.1, 0.15) is 20.7 Å². The number of aromatic nitrogens is 1. The van der Waals surface area contributed by atoms with Gasteiger partial charge >= 0.3 is 0 Å². The zero-order valence-electron chi connectivity index (χ0n) is 11.1. The topological polar surface area (TPSA) is 59.1 Å². The van der Waals surface area contributed by atoms with Crippen molar-refractivity contribution in [1.29, 1.82) is 0 Å². The van der Waals surface area contributed by atoms with Crippen LogP contribution in [0.3, 0.4) is 0 Å². The summed E-state index contributed by atoms with van der Waals surface area (Å²) in [4.78, 5) is 27.0. The summed E-state index contributed by atoms with van der Waals surface area (Å²) >= 11 is 0. The molecule has 0 aliphatic rings. The van der Waals surface area contributed by atoms with Crippen LogP contribution >= 0.6 is 0 Å². The molecule has 0 saturated carbocycles. The molecule has 2 aromatic carbocycles. The summed E-state index contributed by atoms with van der Waals surface area (Å²) in [6.07, 6.45) is 2.48. The highest BCUT2D eigenvalue weighted by Crippen LogP contribution is 2.15. The Bertz CT molecular complexity index is 810. The second kappa shape index (κ2) is 5.54. The molecule has 0 fully saturated rings. The predicted octanol–water partition coefficient (Wildman–Crippen LogP) is 3.30. The number of anilines is 1. The number of carbonyl (C=O) groups excluding carboxylic acids is 2. The van der Waals surface area contributed by atoms with Gasteiger partial charge in [0.05, 0.1) is 5.52 Å². The van der Waals surface area contributed by atoms with Crippen molar-refractivity contribution in [3.05, 3.63) is 71.9 Å². The quantitative estimate of drug-likeness (QED) is 0.747. The van der Waals surface area contributed by atoms with Crippen molar-refractivity contribution in [3.63, 3.8) is 0 Å². The largest absolute Gasteiger partial charge is 0.322 e. The second-order valence-electron chi connectivity index (χ2n) is 4.60. The summed E-state index contributed by atoms with van der Waals surface area (Å²) < 4.78 is 0.